The van der Waals surface area contributed by atoms with Crippen molar-refractivity contribution in [3.05, 3.63) is 0 Å². The van der Waals surface area contributed by atoms with E-state index in [1.165, 1.54) is 0 Å². The van der Waals surface area contributed by atoms with Crippen molar-refractivity contribution in [1.29, 1.82) is 0 Å². The van der Waals surface area contributed by atoms with E-state index in [1.807, 2.05) is 0 Å². The van der Waals surface area contributed by atoms with E-state index in [-0.39, 0.29) is 12.5 Å². The quantitative estimate of drug-likeness (QED) is 0.590. The van der Waals surface area contributed by atoms with E-state index < -0.39 is 6.04 Å². The van der Waals surface area contributed by atoms with Crippen molar-refractivity contribution in [1.82, 2.24) is 4.90 Å². The Morgan fingerprint density at radius 3 is 2.67 bits per heavy atom. The van der Waals surface area contributed by atoms with Crippen LogP contribution in [0.5, 0.6) is 0 Å². The number of nitrogens with zero attached hydrogens (tertiary/aromatic N) is 1. The molecule has 1 rings (SSSR count). The Balaban J connectivity index is 2.46. The standard InChI is InChI=1S/C8H16N2O2/c1-6(9)8(12)10(4-5-11)7-2-3-7/h6-7,11H,2-5,9H2,1H3. The first kappa shape index (κ1) is 9.48. The fourth-order valence-corrected chi connectivity index (χ4v) is 1.23. The summed E-state index contributed by atoms with van der Waals surface area (Å²) in [5, 5.41) is 8.71. The van der Waals surface area contributed by atoms with Gasteiger partial charge < -0.3 is 15.7 Å². The van der Waals surface area contributed by atoms with Gasteiger partial charge in [-0.25, -0.2) is 0 Å². The molecule has 1 amide bonds. The Morgan fingerprint density at radius 1 is 1.75 bits per heavy atom. The molecule has 0 aromatic carbocycles. The summed E-state index contributed by atoms with van der Waals surface area (Å²) in [4.78, 5) is 13.1. The van der Waals surface area contributed by atoms with Crippen LogP contribution in [0.2, 0.25) is 0 Å². The van der Waals surface area contributed by atoms with Crippen LogP contribution in [-0.2, 0) is 4.79 Å². The lowest BCUT2D eigenvalue weighted by molar-refractivity contribution is -0.133. The molecule has 0 spiro atoms. The average molecular weight is 172 g/mol. The molecule has 0 aromatic rings. The van der Waals surface area contributed by atoms with E-state index in [0.717, 1.165) is 12.8 Å². The smallest absolute Gasteiger partial charge is 0.239 e. The molecule has 0 aliphatic heterocycles. The maximum atomic E-state index is 11.4. The summed E-state index contributed by atoms with van der Waals surface area (Å²) in [6.07, 6.45) is 2.11. The van der Waals surface area contributed by atoms with Crippen LogP contribution < -0.4 is 5.73 Å². The van der Waals surface area contributed by atoms with Crippen molar-refractivity contribution < 1.29 is 9.90 Å². The van der Waals surface area contributed by atoms with E-state index in [9.17, 15) is 4.79 Å². The molecule has 0 saturated heterocycles. The van der Waals surface area contributed by atoms with Gasteiger partial charge in [-0.2, -0.15) is 0 Å². The minimum atomic E-state index is -0.447. The molecular formula is C8H16N2O2. The molecule has 4 heteroatoms. The number of amides is 1. The van der Waals surface area contributed by atoms with Crippen molar-refractivity contribution in [3.8, 4) is 0 Å². The highest BCUT2D eigenvalue weighted by atomic mass is 16.3. The molecule has 1 aliphatic carbocycles. The van der Waals surface area contributed by atoms with Gasteiger partial charge in [-0.3, -0.25) is 4.79 Å². The highest BCUT2D eigenvalue weighted by Crippen LogP contribution is 2.26. The monoisotopic (exact) mass is 172 g/mol. The Hall–Kier alpha value is -0.610. The molecule has 1 fully saturated rings. The highest BCUT2D eigenvalue weighted by Gasteiger charge is 2.32. The van der Waals surface area contributed by atoms with Gasteiger partial charge in [-0.1, -0.05) is 0 Å². The number of aliphatic hydroxyl groups is 1. The second-order valence-electron chi connectivity index (χ2n) is 3.28. The van der Waals surface area contributed by atoms with Crippen LogP contribution in [0.4, 0.5) is 0 Å². The summed E-state index contributed by atoms with van der Waals surface area (Å²) in [5.74, 6) is -0.0495. The first-order valence-electron chi connectivity index (χ1n) is 4.33. The Labute approximate surface area is 72.3 Å². The first-order valence-corrected chi connectivity index (χ1v) is 4.33. The Kier molecular flexibility index (Phi) is 3.05. The number of aliphatic hydroxyl groups excluding tert-OH is 1. The molecule has 0 bridgehead atoms. The lowest BCUT2D eigenvalue weighted by Gasteiger charge is -2.22. The van der Waals surface area contributed by atoms with Crippen molar-refractivity contribution in [3.63, 3.8) is 0 Å². The van der Waals surface area contributed by atoms with Crippen LogP contribution in [0.25, 0.3) is 0 Å². The maximum Gasteiger partial charge on any atom is 0.239 e. The van der Waals surface area contributed by atoms with Gasteiger partial charge in [0.05, 0.1) is 12.6 Å². The van der Waals surface area contributed by atoms with Gasteiger partial charge in [0.25, 0.3) is 0 Å². The average Bonchev–Trinajstić information content (AvgIpc) is 2.81. The van der Waals surface area contributed by atoms with Crippen LogP contribution in [0.15, 0.2) is 0 Å². The summed E-state index contributed by atoms with van der Waals surface area (Å²) >= 11 is 0. The number of carbonyl (C=O) groups excluding carboxylic acids is 1. The molecule has 0 aromatic heterocycles. The fourth-order valence-electron chi connectivity index (χ4n) is 1.23. The number of hydrogen-bond acceptors (Lipinski definition) is 3. The van der Waals surface area contributed by atoms with E-state index in [4.69, 9.17) is 10.8 Å². The first-order chi connectivity index (χ1) is 5.66. The number of carbonyl (C=O) groups is 1. The normalized spacial score (nSPS) is 18.9. The van der Waals surface area contributed by atoms with Crippen molar-refractivity contribution >= 4 is 5.91 Å². The molecule has 4 nitrogen and oxygen atoms in total. The third kappa shape index (κ3) is 2.19. The van der Waals surface area contributed by atoms with Crippen molar-refractivity contribution in [2.45, 2.75) is 31.8 Å². The van der Waals surface area contributed by atoms with E-state index in [1.54, 1.807) is 11.8 Å². The SMILES string of the molecule is CC(N)C(=O)N(CCO)C1CC1. The van der Waals surface area contributed by atoms with Gasteiger partial charge in [-0.15, -0.1) is 0 Å². The molecule has 1 aliphatic rings. The molecule has 12 heavy (non-hydrogen) atoms. The fraction of sp³-hybridized carbons (Fsp3) is 0.875. The Bertz CT molecular complexity index is 166. The molecule has 0 radical (unpaired) electrons. The van der Waals surface area contributed by atoms with E-state index >= 15 is 0 Å². The van der Waals surface area contributed by atoms with E-state index in [0.29, 0.717) is 12.6 Å². The molecule has 0 heterocycles. The second kappa shape index (κ2) is 3.87. The summed E-state index contributed by atoms with van der Waals surface area (Å²) < 4.78 is 0. The summed E-state index contributed by atoms with van der Waals surface area (Å²) in [6, 6.07) is -0.104. The minimum Gasteiger partial charge on any atom is -0.395 e. The lowest BCUT2D eigenvalue weighted by Crippen LogP contribution is -2.44. The predicted octanol–water partition coefficient (Wildman–Crippen LogP) is -0.683. The molecule has 1 atom stereocenters. The number of hydrogen-bond donors (Lipinski definition) is 2. The zero-order valence-corrected chi connectivity index (χ0v) is 7.36. The van der Waals surface area contributed by atoms with Crippen molar-refractivity contribution in [2.75, 3.05) is 13.2 Å². The summed E-state index contributed by atoms with van der Waals surface area (Å²) in [7, 11) is 0. The molecule has 1 unspecified atom stereocenters. The zero-order chi connectivity index (χ0) is 9.14. The topological polar surface area (TPSA) is 66.6 Å². The van der Waals surface area contributed by atoms with Gasteiger partial charge in [-0.05, 0) is 19.8 Å². The number of rotatable bonds is 4. The highest BCUT2D eigenvalue weighted by molar-refractivity contribution is 5.81. The molecular weight excluding hydrogens is 156 g/mol. The summed E-state index contributed by atoms with van der Waals surface area (Å²) in [6.45, 7) is 2.12. The van der Waals surface area contributed by atoms with Crippen LogP contribution in [0.1, 0.15) is 19.8 Å². The van der Waals surface area contributed by atoms with Crippen LogP contribution in [0.3, 0.4) is 0 Å². The maximum absolute atomic E-state index is 11.4. The van der Waals surface area contributed by atoms with Crippen LogP contribution >= 0.6 is 0 Å². The molecule has 1 saturated carbocycles. The minimum absolute atomic E-state index is 0.0228. The second-order valence-corrected chi connectivity index (χ2v) is 3.28. The third-order valence-corrected chi connectivity index (χ3v) is 2.00. The van der Waals surface area contributed by atoms with Gasteiger partial charge in [0.15, 0.2) is 0 Å². The molecule has 70 valence electrons. The third-order valence-electron chi connectivity index (χ3n) is 2.00. The van der Waals surface area contributed by atoms with Gasteiger partial charge in [0.2, 0.25) is 5.91 Å². The predicted molar refractivity (Wildman–Crippen MR) is 45.5 cm³/mol. The van der Waals surface area contributed by atoms with E-state index in [2.05, 4.69) is 0 Å². The molecule has 3 N–H and O–H groups in total. The lowest BCUT2D eigenvalue weighted by atomic mass is 10.3. The van der Waals surface area contributed by atoms with Crippen LogP contribution in [-0.4, -0.2) is 41.1 Å². The van der Waals surface area contributed by atoms with Gasteiger partial charge in [0, 0.05) is 12.6 Å². The zero-order valence-electron chi connectivity index (χ0n) is 7.36. The Morgan fingerprint density at radius 2 is 2.33 bits per heavy atom. The van der Waals surface area contributed by atoms with Crippen LogP contribution in [0, 0.1) is 0 Å². The largest absolute Gasteiger partial charge is 0.395 e. The van der Waals surface area contributed by atoms with Gasteiger partial charge >= 0.3 is 0 Å². The van der Waals surface area contributed by atoms with Gasteiger partial charge in [0.1, 0.15) is 0 Å². The van der Waals surface area contributed by atoms with Crippen molar-refractivity contribution in [2.24, 2.45) is 5.73 Å². The summed E-state index contributed by atoms with van der Waals surface area (Å²) in [5.41, 5.74) is 5.46. The number of nitrogens with two attached hydrogens (primary N) is 1.